The van der Waals surface area contributed by atoms with Crippen molar-refractivity contribution in [2.45, 2.75) is 0 Å². The van der Waals surface area contributed by atoms with Gasteiger partial charge in [0.15, 0.2) is 5.65 Å². The highest BCUT2D eigenvalue weighted by atomic mass is 35.5. The molecule has 0 bridgehead atoms. The molecular weight excluding hydrogens is 453 g/mol. The molecule has 4 aromatic rings. The van der Waals surface area contributed by atoms with Crippen LogP contribution >= 0.6 is 23.2 Å². The van der Waals surface area contributed by atoms with Crippen molar-refractivity contribution in [1.29, 1.82) is 0 Å². The summed E-state index contributed by atoms with van der Waals surface area (Å²) in [6, 6.07) is 13.5. The number of aromatic nitrogens is 3. The van der Waals surface area contributed by atoms with Crippen molar-refractivity contribution in [1.82, 2.24) is 20.0 Å². The van der Waals surface area contributed by atoms with Crippen LogP contribution < -0.4 is 21.0 Å². The van der Waals surface area contributed by atoms with E-state index in [1.54, 1.807) is 61.8 Å². The second kappa shape index (κ2) is 8.86. The van der Waals surface area contributed by atoms with E-state index in [0.717, 1.165) is 4.73 Å². The normalized spacial score (nSPS) is 10.8. The Labute approximate surface area is 192 Å². The number of halogens is 2. The van der Waals surface area contributed by atoms with Gasteiger partial charge in [0.05, 0.1) is 15.6 Å². The maximum atomic E-state index is 13.1. The molecule has 1 amide bonds. The summed E-state index contributed by atoms with van der Waals surface area (Å²) in [6.45, 7) is 0. The summed E-state index contributed by atoms with van der Waals surface area (Å²) in [5.74, 6) is 0.00680. The van der Waals surface area contributed by atoms with E-state index in [-0.39, 0.29) is 23.1 Å². The summed E-state index contributed by atoms with van der Waals surface area (Å²) in [5.41, 5.74) is 1.54. The van der Waals surface area contributed by atoms with Crippen LogP contribution in [0.5, 0.6) is 0 Å². The molecule has 0 fully saturated rings. The van der Waals surface area contributed by atoms with E-state index in [4.69, 9.17) is 28.0 Å². The minimum atomic E-state index is -0.471. The molecular formula is C22H17Cl2N5O3. The van der Waals surface area contributed by atoms with Gasteiger partial charge in [-0.2, -0.15) is 4.98 Å². The van der Waals surface area contributed by atoms with Crippen LogP contribution in [0.4, 0.5) is 11.6 Å². The number of fused-ring (bicyclic) bond motifs is 1. The number of pyridine rings is 1. The molecule has 0 aliphatic carbocycles. The van der Waals surface area contributed by atoms with Gasteiger partial charge in [-0.25, -0.2) is 4.98 Å². The van der Waals surface area contributed by atoms with Gasteiger partial charge >= 0.3 is 0 Å². The molecule has 0 spiro atoms. The number of hydrogen-bond donors (Lipinski definition) is 2. The highest BCUT2D eigenvalue weighted by Crippen LogP contribution is 2.33. The van der Waals surface area contributed by atoms with Crippen molar-refractivity contribution in [3.8, 4) is 11.1 Å². The number of benzene rings is 2. The van der Waals surface area contributed by atoms with E-state index in [2.05, 4.69) is 20.6 Å². The fourth-order valence-electron chi connectivity index (χ4n) is 3.24. The lowest BCUT2D eigenvalue weighted by molar-refractivity contribution is 0.0963. The zero-order valence-electron chi connectivity index (χ0n) is 17.0. The molecule has 162 valence electrons. The molecule has 4 rings (SSSR count). The molecule has 10 heteroatoms. The third kappa shape index (κ3) is 3.98. The lowest BCUT2D eigenvalue weighted by Crippen LogP contribution is -2.27. The fraction of sp³-hybridized carbons (Fsp3) is 0.0909. The number of rotatable bonds is 5. The van der Waals surface area contributed by atoms with Crippen LogP contribution in [0.25, 0.3) is 22.2 Å². The molecule has 0 atom stereocenters. The van der Waals surface area contributed by atoms with E-state index in [1.165, 1.54) is 7.11 Å². The predicted molar refractivity (Wildman–Crippen MR) is 125 cm³/mol. The van der Waals surface area contributed by atoms with Crippen LogP contribution in [-0.4, -0.2) is 34.8 Å². The minimum Gasteiger partial charge on any atom is -0.412 e. The number of amides is 1. The SMILES string of the molecule is CNC(=O)c1cccc(Nc2ncc3cc(-c4c(Cl)cccc4Cl)c(=O)n(OC)c3n2)c1. The maximum absolute atomic E-state index is 13.1. The molecule has 8 nitrogen and oxygen atoms in total. The number of carbonyl (C=O) groups is 1. The molecule has 0 radical (unpaired) electrons. The summed E-state index contributed by atoms with van der Waals surface area (Å²) in [4.78, 5) is 39.1. The Balaban J connectivity index is 1.80. The van der Waals surface area contributed by atoms with Crippen LogP contribution in [-0.2, 0) is 0 Å². The van der Waals surface area contributed by atoms with Crippen molar-refractivity contribution in [2.75, 3.05) is 19.5 Å². The first-order chi connectivity index (χ1) is 15.4. The fourth-order valence-corrected chi connectivity index (χ4v) is 3.85. The molecule has 0 aliphatic rings. The minimum absolute atomic E-state index is 0.216. The van der Waals surface area contributed by atoms with Crippen molar-refractivity contribution in [2.24, 2.45) is 0 Å². The molecule has 2 aromatic heterocycles. The number of nitrogens with zero attached hydrogens (tertiary/aromatic N) is 3. The molecule has 2 N–H and O–H groups in total. The summed E-state index contributed by atoms with van der Waals surface area (Å²) in [5, 5.41) is 6.83. The summed E-state index contributed by atoms with van der Waals surface area (Å²) < 4.78 is 1.05. The van der Waals surface area contributed by atoms with Gasteiger partial charge in [-0.3, -0.25) is 9.59 Å². The Bertz CT molecular complexity index is 1380. The van der Waals surface area contributed by atoms with E-state index in [1.807, 2.05) is 0 Å². The van der Waals surface area contributed by atoms with Crippen LogP contribution in [0.15, 0.2) is 59.5 Å². The third-order valence-electron chi connectivity index (χ3n) is 4.73. The first kappa shape index (κ1) is 21.6. The molecule has 0 unspecified atom stereocenters. The number of anilines is 2. The zero-order chi connectivity index (χ0) is 22.8. The second-order valence-electron chi connectivity index (χ2n) is 6.69. The Morgan fingerprint density at radius 3 is 2.50 bits per heavy atom. The van der Waals surface area contributed by atoms with Crippen molar-refractivity contribution < 1.29 is 9.63 Å². The first-order valence-electron chi connectivity index (χ1n) is 9.43. The average Bonchev–Trinajstić information content (AvgIpc) is 2.79. The van der Waals surface area contributed by atoms with Crippen LogP contribution in [0.3, 0.4) is 0 Å². The molecule has 2 heterocycles. The Kier molecular flexibility index (Phi) is 5.98. The van der Waals surface area contributed by atoms with Crippen molar-refractivity contribution in [3.05, 3.63) is 80.7 Å². The van der Waals surface area contributed by atoms with Gasteiger partial charge in [-0.1, -0.05) is 35.3 Å². The van der Waals surface area contributed by atoms with Crippen LogP contribution in [0.1, 0.15) is 10.4 Å². The molecule has 2 aromatic carbocycles. The molecule has 0 aliphatic heterocycles. The smallest absolute Gasteiger partial charge is 0.293 e. The Morgan fingerprint density at radius 2 is 1.81 bits per heavy atom. The lowest BCUT2D eigenvalue weighted by Gasteiger charge is -2.13. The standard InChI is InChI=1S/C22H17Cl2N5O3/c1-25-20(30)12-5-3-6-14(9-12)27-22-26-11-13-10-15(18-16(23)7-4-8-17(18)24)21(31)29(32-2)19(13)28-22/h3-11H,1-2H3,(H,25,30)(H,26,27,28). The van der Waals surface area contributed by atoms with E-state index in [9.17, 15) is 9.59 Å². The Hall–Kier alpha value is -3.62. The van der Waals surface area contributed by atoms with Crippen molar-refractivity contribution in [3.63, 3.8) is 0 Å². The van der Waals surface area contributed by atoms with Gasteiger partial charge in [-0.15, -0.1) is 4.73 Å². The average molecular weight is 470 g/mol. The predicted octanol–water partition coefficient (Wildman–Crippen LogP) is 3.93. The van der Waals surface area contributed by atoms with Gasteiger partial charge in [0, 0.05) is 35.4 Å². The Morgan fingerprint density at radius 1 is 1.09 bits per heavy atom. The van der Waals surface area contributed by atoms with Gasteiger partial charge < -0.3 is 15.5 Å². The largest absolute Gasteiger partial charge is 0.412 e. The highest BCUT2D eigenvalue weighted by Gasteiger charge is 2.18. The van der Waals surface area contributed by atoms with Crippen LogP contribution in [0.2, 0.25) is 10.0 Å². The first-order valence-corrected chi connectivity index (χ1v) is 10.2. The second-order valence-corrected chi connectivity index (χ2v) is 7.51. The third-order valence-corrected chi connectivity index (χ3v) is 5.36. The molecule has 0 saturated carbocycles. The van der Waals surface area contributed by atoms with E-state index >= 15 is 0 Å². The number of nitrogens with one attached hydrogen (secondary N) is 2. The number of carbonyl (C=O) groups excluding carboxylic acids is 1. The van der Waals surface area contributed by atoms with Gasteiger partial charge in [0.2, 0.25) is 5.95 Å². The maximum Gasteiger partial charge on any atom is 0.293 e. The van der Waals surface area contributed by atoms with E-state index in [0.29, 0.717) is 32.2 Å². The highest BCUT2D eigenvalue weighted by molar-refractivity contribution is 6.39. The van der Waals surface area contributed by atoms with Gasteiger partial charge in [-0.05, 0) is 36.4 Å². The summed E-state index contributed by atoms with van der Waals surface area (Å²) in [7, 11) is 2.92. The monoisotopic (exact) mass is 469 g/mol. The van der Waals surface area contributed by atoms with E-state index < -0.39 is 5.56 Å². The summed E-state index contributed by atoms with van der Waals surface area (Å²) >= 11 is 12.6. The summed E-state index contributed by atoms with van der Waals surface area (Å²) in [6.07, 6.45) is 1.55. The topological polar surface area (TPSA) is 98.1 Å². The molecule has 32 heavy (non-hydrogen) atoms. The zero-order valence-corrected chi connectivity index (χ0v) is 18.5. The number of hydrogen-bond acceptors (Lipinski definition) is 6. The van der Waals surface area contributed by atoms with Gasteiger partial charge in [0.25, 0.3) is 11.5 Å². The lowest BCUT2D eigenvalue weighted by atomic mass is 10.1. The van der Waals surface area contributed by atoms with Crippen LogP contribution in [0, 0.1) is 0 Å². The van der Waals surface area contributed by atoms with Gasteiger partial charge in [0.1, 0.15) is 7.11 Å². The van der Waals surface area contributed by atoms with Crippen molar-refractivity contribution >= 4 is 51.8 Å². The quantitative estimate of drug-likeness (QED) is 0.459. The molecule has 0 saturated heterocycles.